The smallest absolute Gasteiger partial charge is 0.268 e. The number of amides is 1. The van der Waals surface area contributed by atoms with E-state index in [0.717, 1.165) is 35.1 Å². The number of nitrogens with one attached hydrogen (secondary N) is 2. The van der Waals surface area contributed by atoms with Crippen molar-refractivity contribution in [3.63, 3.8) is 0 Å². The van der Waals surface area contributed by atoms with Crippen LogP contribution < -0.4 is 5.32 Å². The summed E-state index contributed by atoms with van der Waals surface area (Å²) in [6.07, 6.45) is 2.22. The highest BCUT2D eigenvalue weighted by atomic mass is 32.1. The van der Waals surface area contributed by atoms with Crippen molar-refractivity contribution in [1.82, 2.24) is 24.6 Å². The predicted molar refractivity (Wildman–Crippen MR) is 114 cm³/mol. The van der Waals surface area contributed by atoms with Gasteiger partial charge in [0.1, 0.15) is 5.69 Å². The van der Waals surface area contributed by atoms with Crippen molar-refractivity contribution in [3.8, 4) is 0 Å². The molecule has 2 aromatic heterocycles. The van der Waals surface area contributed by atoms with Gasteiger partial charge in [-0.15, -0.1) is 0 Å². The molecule has 4 aromatic rings. The number of H-pyrrole nitrogens is 1. The van der Waals surface area contributed by atoms with Crippen LogP contribution in [0.25, 0.3) is 10.9 Å². The SMILES string of the molecule is O=C(NCc1n[nH]c(=S)n1C1CC1)c1cc2ccccc2n1Cc1ccccc1. The number of aromatic nitrogens is 4. The number of aromatic amines is 1. The molecule has 1 aliphatic carbocycles. The van der Waals surface area contributed by atoms with E-state index in [1.54, 1.807) is 0 Å². The molecule has 0 atom stereocenters. The molecule has 1 fully saturated rings. The van der Waals surface area contributed by atoms with Crippen molar-refractivity contribution in [2.45, 2.75) is 32.0 Å². The lowest BCUT2D eigenvalue weighted by Gasteiger charge is -2.12. The van der Waals surface area contributed by atoms with E-state index in [1.165, 1.54) is 0 Å². The highest BCUT2D eigenvalue weighted by molar-refractivity contribution is 7.71. The van der Waals surface area contributed by atoms with E-state index < -0.39 is 0 Å². The first-order chi connectivity index (χ1) is 14.2. The summed E-state index contributed by atoms with van der Waals surface area (Å²) in [5.74, 6) is 0.657. The van der Waals surface area contributed by atoms with Crippen molar-refractivity contribution in [1.29, 1.82) is 0 Å². The fraction of sp³-hybridized carbons (Fsp3) is 0.227. The van der Waals surface area contributed by atoms with Gasteiger partial charge in [0.05, 0.1) is 6.54 Å². The van der Waals surface area contributed by atoms with Gasteiger partial charge in [-0.3, -0.25) is 14.5 Å². The molecule has 0 aliphatic heterocycles. The number of hydrogen-bond acceptors (Lipinski definition) is 3. The number of carbonyl (C=O) groups excluding carboxylic acids is 1. The van der Waals surface area contributed by atoms with Gasteiger partial charge < -0.3 is 9.88 Å². The second-order valence-corrected chi connectivity index (χ2v) is 7.78. The second kappa shape index (κ2) is 7.33. The van der Waals surface area contributed by atoms with Crippen LogP contribution in [0.3, 0.4) is 0 Å². The summed E-state index contributed by atoms with van der Waals surface area (Å²) in [7, 11) is 0. The van der Waals surface area contributed by atoms with Crippen molar-refractivity contribution >= 4 is 29.0 Å². The Balaban J connectivity index is 1.44. The molecular formula is C22H21N5OS. The molecule has 2 heterocycles. The Kier molecular flexibility index (Phi) is 4.52. The van der Waals surface area contributed by atoms with Crippen LogP contribution in [0.5, 0.6) is 0 Å². The minimum absolute atomic E-state index is 0.117. The Morgan fingerprint density at radius 1 is 1.14 bits per heavy atom. The third-order valence-electron chi connectivity index (χ3n) is 5.32. The first kappa shape index (κ1) is 17.9. The number of carbonyl (C=O) groups is 1. The Morgan fingerprint density at radius 2 is 1.90 bits per heavy atom. The monoisotopic (exact) mass is 403 g/mol. The van der Waals surface area contributed by atoms with Gasteiger partial charge in [0.25, 0.3) is 5.91 Å². The number of hydrogen-bond donors (Lipinski definition) is 2. The average Bonchev–Trinajstić information content (AvgIpc) is 3.42. The largest absolute Gasteiger partial charge is 0.343 e. The van der Waals surface area contributed by atoms with E-state index >= 15 is 0 Å². The van der Waals surface area contributed by atoms with Gasteiger partial charge in [-0.05, 0) is 42.8 Å². The number of nitrogens with zero attached hydrogens (tertiary/aromatic N) is 3. The minimum Gasteiger partial charge on any atom is -0.343 e. The van der Waals surface area contributed by atoms with Gasteiger partial charge in [-0.2, -0.15) is 5.10 Å². The molecule has 0 unspecified atom stereocenters. The molecule has 5 rings (SSSR count). The Labute approximate surface area is 173 Å². The quantitative estimate of drug-likeness (QED) is 0.474. The molecule has 0 spiro atoms. The lowest BCUT2D eigenvalue weighted by molar-refractivity contribution is 0.0941. The summed E-state index contributed by atoms with van der Waals surface area (Å²) in [6.45, 7) is 0.979. The van der Waals surface area contributed by atoms with E-state index in [1.807, 2.05) is 53.1 Å². The van der Waals surface area contributed by atoms with E-state index in [4.69, 9.17) is 12.2 Å². The van der Waals surface area contributed by atoms with Gasteiger partial charge in [0.15, 0.2) is 10.6 Å². The van der Waals surface area contributed by atoms with Crippen LogP contribution >= 0.6 is 12.2 Å². The number of fused-ring (bicyclic) bond motifs is 1. The van der Waals surface area contributed by atoms with Crippen molar-refractivity contribution in [2.24, 2.45) is 0 Å². The average molecular weight is 404 g/mol. The molecule has 1 amide bonds. The van der Waals surface area contributed by atoms with Crippen LogP contribution in [0.1, 0.15) is 40.8 Å². The van der Waals surface area contributed by atoms with Gasteiger partial charge >= 0.3 is 0 Å². The van der Waals surface area contributed by atoms with Gasteiger partial charge in [-0.1, -0.05) is 48.5 Å². The maximum absolute atomic E-state index is 13.1. The predicted octanol–water partition coefficient (Wildman–Crippen LogP) is 4.21. The van der Waals surface area contributed by atoms with Crippen LogP contribution in [0.15, 0.2) is 60.7 Å². The van der Waals surface area contributed by atoms with E-state index in [2.05, 4.69) is 32.2 Å². The summed E-state index contributed by atoms with van der Waals surface area (Å²) in [4.78, 5) is 13.1. The molecule has 2 N–H and O–H groups in total. The normalized spacial score (nSPS) is 13.7. The minimum atomic E-state index is -0.117. The summed E-state index contributed by atoms with van der Waals surface area (Å²) >= 11 is 5.33. The Hall–Kier alpha value is -3.19. The maximum atomic E-state index is 13.1. The maximum Gasteiger partial charge on any atom is 0.268 e. The summed E-state index contributed by atoms with van der Waals surface area (Å²) in [5.41, 5.74) is 2.84. The van der Waals surface area contributed by atoms with E-state index in [-0.39, 0.29) is 5.91 Å². The van der Waals surface area contributed by atoms with Crippen LogP contribution in [-0.2, 0) is 13.1 Å². The van der Waals surface area contributed by atoms with Crippen LogP contribution in [0, 0.1) is 4.77 Å². The van der Waals surface area contributed by atoms with Gasteiger partial charge in [-0.25, -0.2) is 0 Å². The number of rotatable bonds is 6. The highest BCUT2D eigenvalue weighted by Gasteiger charge is 2.27. The molecule has 146 valence electrons. The van der Waals surface area contributed by atoms with Crippen molar-refractivity contribution < 1.29 is 4.79 Å². The van der Waals surface area contributed by atoms with Gasteiger partial charge in [0, 0.05) is 23.5 Å². The molecule has 1 aliphatic rings. The summed E-state index contributed by atoms with van der Waals surface area (Å²) in [5, 5.41) is 11.2. The third-order valence-corrected chi connectivity index (χ3v) is 5.61. The van der Waals surface area contributed by atoms with Crippen molar-refractivity contribution in [3.05, 3.63) is 82.5 Å². The third kappa shape index (κ3) is 3.49. The molecule has 1 saturated carbocycles. The first-order valence-corrected chi connectivity index (χ1v) is 10.2. The lowest BCUT2D eigenvalue weighted by atomic mass is 10.2. The lowest BCUT2D eigenvalue weighted by Crippen LogP contribution is -2.27. The van der Waals surface area contributed by atoms with Crippen LogP contribution in [-0.4, -0.2) is 25.2 Å². The summed E-state index contributed by atoms with van der Waals surface area (Å²) in [6, 6.07) is 20.6. The number of para-hydroxylation sites is 1. The molecule has 0 radical (unpaired) electrons. The second-order valence-electron chi connectivity index (χ2n) is 7.39. The fourth-order valence-electron chi connectivity index (χ4n) is 3.76. The van der Waals surface area contributed by atoms with Gasteiger partial charge in [0.2, 0.25) is 0 Å². The molecule has 0 bridgehead atoms. The van der Waals surface area contributed by atoms with Crippen LogP contribution in [0.2, 0.25) is 0 Å². The first-order valence-electron chi connectivity index (χ1n) is 9.77. The zero-order chi connectivity index (χ0) is 19.8. The Bertz CT molecular complexity index is 1230. The molecule has 29 heavy (non-hydrogen) atoms. The molecule has 2 aromatic carbocycles. The Morgan fingerprint density at radius 3 is 2.69 bits per heavy atom. The van der Waals surface area contributed by atoms with E-state index in [0.29, 0.717) is 29.6 Å². The highest BCUT2D eigenvalue weighted by Crippen LogP contribution is 2.35. The van der Waals surface area contributed by atoms with Crippen LogP contribution in [0.4, 0.5) is 0 Å². The van der Waals surface area contributed by atoms with E-state index in [9.17, 15) is 4.79 Å². The number of benzene rings is 2. The summed E-state index contributed by atoms with van der Waals surface area (Å²) < 4.78 is 4.71. The topological polar surface area (TPSA) is 67.6 Å². The molecular weight excluding hydrogens is 382 g/mol. The zero-order valence-corrected chi connectivity index (χ0v) is 16.7. The molecule has 6 nitrogen and oxygen atoms in total. The molecule has 0 saturated heterocycles. The standard InChI is InChI=1S/C22H21N5OS/c28-21(23-13-20-24-25-22(29)27(20)17-10-11-17)19-12-16-8-4-5-9-18(16)26(19)14-15-6-2-1-3-7-15/h1-9,12,17H,10-11,13-14H2,(H,23,28)(H,25,29). The molecule has 7 heteroatoms. The fourth-order valence-corrected chi connectivity index (χ4v) is 4.06. The zero-order valence-electron chi connectivity index (χ0n) is 15.8. The van der Waals surface area contributed by atoms with Crippen molar-refractivity contribution in [2.75, 3.05) is 0 Å².